The third-order valence-electron chi connectivity index (χ3n) is 5.34. The fraction of sp³-hybridized carbons (Fsp3) is 0.400. The molecule has 2 N–H and O–H groups in total. The van der Waals surface area contributed by atoms with E-state index in [4.69, 9.17) is 16.3 Å². The lowest BCUT2D eigenvalue weighted by Gasteiger charge is -2.21. The zero-order valence-electron chi connectivity index (χ0n) is 15.0. The van der Waals surface area contributed by atoms with Crippen LogP contribution in [0.1, 0.15) is 12.8 Å². The van der Waals surface area contributed by atoms with E-state index < -0.39 is 0 Å². The average molecular weight is 387 g/mol. The topological polar surface area (TPSA) is 66.5 Å². The van der Waals surface area contributed by atoms with Gasteiger partial charge in [-0.15, -0.1) is 0 Å². The van der Waals surface area contributed by atoms with Crippen LogP contribution in [0.2, 0.25) is 5.02 Å². The number of nitrogens with one attached hydrogen (secondary N) is 2. The van der Waals surface area contributed by atoms with Crippen molar-refractivity contribution >= 4 is 23.3 Å². The fourth-order valence-corrected chi connectivity index (χ4v) is 3.98. The Labute approximate surface area is 163 Å². The summed E-state index contributed by atoms with van der Waals surface area (Å²) in [6.45, 7) is 3.74. The van der Waals surface area contributed by atoms with Crippen LogP contribution < -0.4 is 15.4 Å². The number of hydrogen-bond donors (Lipinski definition) is 2. The molecule has 0 spiro atoms. The van der Waals surface area contributed by atoms with E-state index >= 15 is 0 Å². The number of urea groups is 1. The van der Waals surface area contributed by atoms with Crippen LogP contribution in [0.3, 0.4) is 0 Å². The van der Waals surface area contributed by atoms with Gasteiger partial charge in [-0.3, -0.25) is 0 Å². The molecule has 2 amide bonds. The van der Waals surface area contributed by atoms with Gasteiger partial charge in [0, 0.05) is 31.0 Å². The largest absolute Gasteiger partial charge is 0.437 e. The van der Waals surface area contributed by atoms with Crippen LogP contribution in [-0.4, -0.2) is 42.1 Å². The van der Waals surface area contributed by atoms with Crippen molar-refractivity contribution in [1.29, 1.82) is 0 Å². The van der Waals surface area contributed by atoms with Crippen LogP contribution in [0.5, 0.6) is 11.6 Å². The number of carbonyl (C=O) groups is 1. The minimum Gasteiger partial charge on any atom is -0.437 e. The second-order valence-corrected chi connectivity index (χ2v) is 7.50. The number of para-hydroxylation sites is 1. The predicted octanol–water partition coefficient (Wildman–Crippen LogP) is 3.99. The lowest BCUT2D eigenvalue weighted by atomic mass is 9.92. The van der Waals surface area contributed by atoms with E-state index in [-0.39, 0.29) is 6.03 Å². The Morgan fingerprint density at radius 3 is 2.67 bits per heavy atom. The Balaban J connectivity index is 1.39. The Morgan fingerprint density at radius 1 is 1.19 bits per heavy atom. The number of amides is 2. The highest BCUT2D eigenvalue weighted by Gasteiger charge is 2.31. The van der Waals surface area contributed by atoms with Gasteiger partial charge in [0.25, 0.3) is 0 Å². The first-order valence-corrected chi connectivity index (χ1v) is 9.72. The summed E-state index contributed by atoms with van der Waals surface area (Å²) in [6.07, 6.45) is 3.73. The number of halogens is 1. The lowest BCUT2D eigenvalue weighted by molar-refractivity contribution is 0.212. The summed E-state index contributed by atoms with van der Waals surface area (Å²) in [4.78, 5) is 18.8. The van der Waals surface area contributed by atoms with Crippen LogP contribution >= 0.6 is 11.6 Å². The van der Waals surface area contributed by atoms with Gasteiger partial charge in [0.05, 0.1) is 5.02 Å². The summed E-state index contributed by atoms with van der Waals surface area (Å²) >= 11 is 6.12. The number of fused-ring (bicyclic) bond motifs is 1. The summed E-state index contributed by atoms with van der Waals surface area (Å²) in [6, 6.07) is 10.6. The molecule has 2 aliphatic heterocycles. The van der Waals surface area contributed by atoms with E-state index in [2.05, 4.69) is 15.6 Å². The minimum absolute atomic E-state index is 0.0715. The monoisotopic (exact) mass is 386 g/mol. The zero-order valence-corrected chi connectivity index (χ0v) is 15.8. The molecule has 7 heteroatoms. The Morgan fingerprint density at radius 2 is 1.93 bits per heavy atom. The van der Waals surface area contributed by atoms with Crippen molar-refractivity contribution in [3.05, 3.63) is 47.6 Å². The van der Waals surface area contributed by atoms with E-state index in [9.17, 15) is 4.79 Å². The Kier molecular flexibility index (Phi) is 5.45. The molecule has 1 aromatic heterocycles. The smallest absolute Gasteiger partial charge is 0.321 e. The number of benzene rings is 1. The van der Waals surface area contributed by atoms with Gasteiger partial charge < -0.3 is 20.3 Å². The van der Waals surface area contributed by atoms with Gasteiger partial charge in [-0.25, -0.2) is 9.78 Å². The lowest BCUT2D eigenvalue weighted by Crippen LogP contribution is -2.36. The molecule has 2 saturated heterocycles. The van der Waals surface area contributed by atoms with Gasteiger partial charge in [-0.1, -0.05) is 23.7 Å². The average Bonchev–Trinajstić information content (AvgIpc) is 3.02. The quantitative estimate of drug-likeness (QED) is 0.837. The van der Waals surface area contributed by atoms with Crippen molar-refractivity contribution in [1.82, 2.24) is 15.2 Å². The maximum Gasteiger partial charge on any atom is 0.321 e. The number of aromatic nitrogens is 1. The van der Waals surface area contributed by atoms with Gasteiger partial charge in [0.1, 0.15) is 5.75 Å². The number of carbonyl (C=O) groups excluding carboxylic acids is 1. The number of pyridine rings is 1. The first-order chi connectivity index (χ1) is 13.2. The number of nitrogens with zero attached hydrogens (tertiary/aromatic N) is 2. The van der Waals surface area contributed by atoms with Gasteiger partial charge >= 0.3 is 6.03 Å². The molecule has 0 bridgehead atoms. The number of hydrogen-bond acceptors (Lipinski definition) is 4. The van der Waals surface area contributed by atoms with Crippen LogP contribution in [0.25, 0.3) is 0 Å². The molecular weight excluding hydrogens is 364 g/mol. The molecule has 0 aliphatic carbocycles. The summed E-state index contributed by atoms with van der Waals surface area (Å²) in [7, 11) is 0. The first-order valence-electron chi connectivity index (χ1n) is 9.34. The maximum atomic E-state index is 12.7. The SMILES string of the molecule is O=C(Nc1ccnc(Oc2ccccc2Cl)c1)N1CC[C@@H]2CNC[C@@H]2CC1. The Bertz CT molecular complexity index is 802. The molecule has 2 atom stereocenters. The van der Waals surface area contributed by atoms with Crippen LogP contribution in [0.4, 0.5) is 10.5 Å². The van der Waals surface area contributed by atoms with Gasteiger partial charge in [-0.2, -0.15) is 0 Å². The maximum absolute atomic E-state index is 12.7. The van der Waals surface area contributed by atoms with Crippen molar-refractivity contribution in [2.24, 2.45) is 11.8 Å². The van der Waals surface area contributed by atoms with E-state index in [0.717, 1.165) is 39.0 Å². The molecule has 0 saturated carbocycles. The number of anilines is 1. The first kappa shape index (κ1) is 18.1. The van der Waals surface area contributed by atoms with Crippen molar-refractivity contribution in [3.63, 3.8) is 0 Å². The molecule has 27 heavy (non-hydrogen) atoms. The Hall–Kier alpha value is -2.31. The second-order valence-electron chi connectivity index (χ2n) is 7.09. The molecule has 2 aromatic rings. The normalized spacial score (nSPS) is 22.0. The van der Waals surface area contributed by atoms with Crippen molar-refractivity contribution in [3.8, 4) is 11.6 Å². The van der Waals surface area contributed by atoms with E-state index in [0.29, 0.717) is 34.2 Å². The van der Waals surface area contributed by atoms with Crippen LogP contribution in [-0.2, 0) is 0 Å². The summed E-state index contributed by atoms with van der Waals surface area (Å²) in [5.74, 6) is 2.30. The fourth-order valence-electron chi connectivity index (χ4n) is 3.81. The molecule has 3 heterocycles. The highest BCUT2D eigenvalue weighted by molar-refractivity contribution is 6.32. The number of ether oxygens (including phenoxy) is 1. The van der Waals surface area contributed by atoms with Crippen LogP contribution in [0.15, 0.2) is 42.6 Å². The van der Waals surface area contributed by atoms with Crippen molar-refractivity contribution in [2.45, 2.75) is 12.8 Å². The standard InChI is InChI=1S/C20H23ClN4O2/c21-17-3-1-2-4-18(17)27-19-11-16(5-8-23-19)24-20(26)25-9-6-14-12-22-13-15(14)7-10-25/h1-5,8,11,14-15,22H,6-7,9-10,12-13H2,(H,23,24,26)/t14-,15+. The summed E-state index contributed by atoms with van der Waals surface area (Å²) in [5, 5.41) is 6.93. The zero-order chi connectivity index (χ0) is 18.6. The highest BCUT2D eigenvalue weighted by atomic mass is 35.5. The van der Waals surface area contributed by atoms with Crippen molar-refractivity contribution < 1.29 is 9.53 Å². The molecule has 6 nitrogen and oxygen atoms in total. The number of rotatable bonds is 3. The van der Waals surface area contributed by atoms with Gasteiger partial charge in [0.2, 0.25) is 5.88 Å². The summed E-state index contributed by atoms with van der Waals surface area (Å²) in [5.41, 5.74) is 0.656. The van der Waals surface area contributed by atoms with Crippen LogP contribution in [0, 0.1) is 11.8 Å². The predicted molar refractivity (Wildman–Crippen MR) is 105 cm³/mol. The van der Waals surface area contributed by atoms with Crippen molar-refractivity contribution in [2.75, 3.05) is 31.5 Å². The van der Waals surface area contributed by atoms with E-state index in [1.165, 1.54) is 0 Å². The molecule has 2 aliphatic rings. The molecule has 1 aromatic carbocycles. The second kappa shape index (κ2) is 8.15. The third kappa shape index (κ3) is 4.34. The van der Waals surface area contributed by atoms with Gasteiger partial charge in [0.15, 0.2) is 0 Å². The van der Waals surface area contributed by atoms with E-state index in [1.54, 1.807) is 30.5 Å². The number of likely N-dealkylation sites (tertiary alicyclic amines) is 1. The molecular formula is C20H23ClN4O2. The van der Waals surface area contributed by atoms with E-state index in [1.807, 2.05) is 17.0 Å². The molecule has 4 rings (SSSR count). The molecule has 0 unspecified atom stereocenters. The summed E-state index contributed by atoms with van der Waals surface area (Å²) < 4.78 is 5.73. The molecule has 0 radical (unpaired) electrons. The highest BCUT2D eigenvalue weighted by Crippen LogP contribution is 2.29. The van der Waals surface area contributed by atoms with Gasteiger partial charge in [-0.05, 0) is 56.0 Å². The minimum atomic E-state index is -0.0715. The molecule has 2 fully saturated rings. The molecule has 142 valence electrons. The third-order valence-corrected chi connectivity index (χ3v) is 5.66.